The second kappa shape index (κ2) is 7.50. The van der Waals surface area contributed by atoms with Gasteiger partial charge in [0.1, 0.15) is 5.75 Å². The third-order valence-electron chi connectivity index (χ3n) is 3.47. The van der Waals surface area contributed by atoms with Crippen molar-refractivity contribution in [2.24, 2.45) is 0 Å². The van der Waals surface area contributed by atoms with Crippen LogP contribution < -0.4 is 15.8 Å². The van der Waals surface area contributed by atoms with Gasteiger partial charge in [-0.2, -0.15) is 0 Å². The lowest BCUT2D eigenvalue weighted by Gasteiger charge is -2.12. The molecule has 4 N–H and O–H groups in total. The van der Waals surface area contributed by atoms with E-state index in [9.17, 15) is 9.59 Å². The van der Waals surface area contributed by atoms with Crippen molar-refractivity contribution in [3.05, 3.63) is 53.1 Å². The van der Waals surface area contributed by atoms with Crippen LogP contribution >= 0.6 is 0 Å². The number of rotatable bonds is 6. The van der Waals surface area contributed by atoms with Crippen molar-refractivity contribution in [3.63, 3.8) is 0 Å². The predicted octanol–water partition coefficient (Wildman–Crippen LogP) is 3.32. The smallest absolute Gasteiger partial charge is 0.335 e. The Morgan fingerprint density at radius 3 is 2.50 bits per heavy atom. The minimum Gasteiger partial charge on any atom is -0.491 e. The maximum Gasteiger partial charge on any atom is 0.335 e. The van der Waals surface area contributed by atoms with Crippen molar-refractivity contribution < 1.29 is 19.4 Å². The molecule has 0 radical (unpaired) electrons. The number of anilines is 2. The Labute approximate surface area is 140 Å². The number of nitrogens with one attached hydrogen (secondary N) is 1. The van der Waals surface area contributed by atoms with Crippen molar-refractivity contribution in [2.75, 3.05) is 17.7 Å². The highest BCUT2D eigenvalue weighted by molar-refractivity contribution is 6.06. The number of aromatic carboxylic acids is 1. The minimum atomic E-state index is -1.05. The zero-order chi connectivity index (χ0) is 17.7. The summed E-state index contributed by atoms with van der Waals surface area (Å²) in [5, 5.41) is 11.8. The van der Waals surface area contributed by atoms with Gasteiger partial charge >= 0.3 is 5.97 Å². The quantitative estimate of drug-likeness (QED) is 0.706. The summed E-state index contributed by atoms with van der Waals surface area (Å²) in [5.74, 6) is -0.876. The number of hydrogen-bond donors (Lipinski definition) is 3. The van der Waals surface area contributed by atoms with E-state index in [-0.39, 0.29) is 11.5 Å². The lowest BCUT2D eigenvalue weighted by molar-refractivity contribution is 0.0696. The molecule has 0 aromatic heterocycles. The van der Waals surface area contributed by atoms with E-state index in [4.69, 9.17) is 15.6 Å². The average molecular weight is 328 g/mol. The van der Waals surface area contributed by atoms with E-state index in [2.05, 4.69) is 5.32 Å². The van der Waals surface area contributed by atoms with Gasteiger partial charge in [0.15, 0.2) is 0 Å². The number of amides is 1. The third-order valence-corrected chi connectivity index (χ3v) is 3.47. The Balaban J connectivity index is 2.19. The van der Waals surface area contributed by atoms with Gasteiger partial charge in [0.2, 0.25) is 0 Å². The van der Waals surface area contributed by atoms with Gasteiger partial charge in [-0.15, -0.1) is 0 Å². The van der Waals surface area contributed by atoms with Gasteiger partial charge in [0, 0.05) is 11.3 Å². The summed E-state index contributed by atoms with van der Waals surface area (Å²) in [6.07, 6.45) is 0.862. The maximum atomic E-state index is 12.4. The molecular weight excluding hydrogens is 308 g/mol. The largest absolute Gasteiger partial charge is 0.491 e. The van der Waals surface area contributed by atoms with Crippen LogP contribution in [0.1, 0.15) is 39.6 Å². The molecule has 2 aromatic rings. The molecule has 0 unspecified atom stereocenters. The number of carboxylic acids is 1. The van der Waals surface area contributed by atoms with Crippen LogP contribution in [0.4, 0.5) is 11.4 Å². The molecule has 24 heavy (non-hydrogen) atoms. The topological polar surface area (TPSA) is 102 Å². The molecule has 0 aliphatic heterocycles. The molecule has 126 valence electrons. The zero-order valence-corrected chi connectivity index (χ0v) is 13.6. The monoisotopic (exact) mass is 328 g/mol. The van der Waals surface area contributed by atoms with Crippen LogP contribution in [-0.4, -0.2) is 23.6 Å². The molecule has 0 atom stereocenters. The SMILES string of the molecule is CCCOc1ccc(C(=O)Nc2cc(C(=O)O)ccc2C)cc1N. The van der Waals surface area contributed by atoms with Gasteiger partial charge in [-0.25, -0.2) is 4.79 Å². The number of nitrogen functional groups attached to an aromatic ring is 1. The molecule has 2 aromatic carbocycles. The molecule has 0 aliphatic carbocycles. The Hall–Kier alpha value is -3.02. The van der Waals surface area contributed by atoms with Crippen LogP contribution in [0.2, 0.25) is 0 Å². The minimum absolute atomic E-state index is 0.110. The van der Waals surface area contributed by atoms with E-state index < -0.39 is 5.97 Å². The van der Waals surface area contributed by atoms with Gasteiger partial charge < -0.3 is 20.9 Å². The van der Waals surface area contributed by atoms with Crippen LogP contribution in [0, 0.1) is 6.92 Å². The van der Waals surface area contributed by atoms with Crippen molar-refractivity contribution in [2.45, 2.75) is 20.3 Å². The summed E-state index contributed by atoms with van der Waals surface area (Å²) < 4.78 is 5.48. The van der Waals surface area contributed by atoms with E-state index in [1.54, 1.807) is 25.1 Å². The zero-order valence-electron chi connectivity index (χ0n) is 13.6. The number of carbonyl (C=O) groups is 2. The molecule has 0 aliphatic rings. The number of carboxylic acid groups (broad SMARTS) is 1. The Kier molecular flexibility index (Phi) is 5.42. The van der Waals surface area contributed by atoms with Crippen LogP contribution in [0.5, 0.6) is 5.75 Å². The average Bonchev–Trinajstić information content (AvgIpc) is 2.55. The van der Waals surface area contributed by atoms with Crippen LogP contribution in [0.3, 0.4) is 0 Å². The van der Waals surface area contributed by atoms with Crippen molar-refractivity contribution in [1.82, 2.24) is 0 Å². The Morgan fingerprint density at radius 1 is 1.17 bits per heavy atom. The van der Waals surface area contributed by atoms with E-state index in [1.807, 2.05) is 6.92 Å². The second-order valence-corrected chi connectivity index (χ2v) is 5.39. The number of carbonyl (C=O) groups excluding carboxylic acids is 1. The fourth-order valence-corrected chi connectivity index (χ4v) is 2.12. The lowest BCUT2D eigenvalue weighted by atomic mass is 10.1. The van der Waals surface area contributed by atoms with Crippen LogP contribution in [0.15, 0.2) is 36.4 Å². The number of ether oxygens (including phenoxy) is 1. The molecule has 0 heterocycles. The van der Waals surface area contributed by atoms with Gasteiger partial charge in [-0.3, -0.25) is 4.79 Å². The van der Waals surface area contributed by atoms with Crippen LogP contribution in [0.25, 0.3) is 0 Å². The molecule has 1 amide bonds. The first-order valence-electron chi connectivity index (χ1n) is 7.60. The molecule has 2 rings (SSSR count). The number of benzene rings is 2. The highest BCUT2D eigenvalue weighted by Gasteiger charge is 2.12. The molecule has 0 fully saturated rings. The lowest BCUT2D eigenvalue weighted by Crippen LogP contribution is -2.14. The first-order valence-corrected chi connectivity index (χ1v) is 7.60. The maximum absolute atomic E-state index is 12.4. The molecule has 0 spiro atoms. The summed E-state index contributed by atoms with van der Waals surface area (Å²) in [7, 11) is 0. The molecule has 0 saturated carbocycles. The fourth-order valence-electron chi connectivity index (χ4n) is 2.12. The summed E-state index contributed by atoms with van der Waals surface area (Å²) >= 11 is 0. The van der Waals surface area contributed by atoms with E-state index in [0.29, 0.717) is 29.3 Å². The number of nitrogens with two attached hydrogens (primary N) is 1. The first-order chi connectivity index (χ1) is 11.4. The Morgan fingerprint density at radius 2 is 1.88 bits per heavy atom. The van der Waals surface area contributed by atoms with Crippen molar-refractivity contribution in [3.8, 4) is 5.75 Å². The van der Waals surface area contributed by atoms with Gasteiger partial charge in [-0.05, 0) is 49.2 Å². The Bertz CT molecular complexity index is 772. The van der Waals surface area contributed by atoms with E-state index in [1.165, 1.54) is 18.2 Å². The summed E-state index contributed by atoms with van der Waals surface area (Å²) in [6, 6.07) is 9.38. The summed E-state index contributed by atoms with van der Waals surface area (Å²) in [4.78, 5) is 23.4. The molecular formula is C18H20N2O4. The third kappa shape index (κ3) is 4.04. The standard InChI is InChI=1S/C18H20N2O4/c1-3-8-24-16-7-6-12(9-14(16)19)17(21)20-15-10-13(18(22)23)5-4-11(15)2/h4-7,9-10H,3,8,19H2,1-2H3,(H,20,21)(H,22,23). The normalized spacial score (nSPS) is 10.2. The molecule has 0 bridgehead atoms. The van der Waals surface area contributed by atoms with Gasteiger partial charge in [-0.1, -0.05) is 13.0 Å². The van der Waals surface area contributed by atoms with Gasteiger partial charge in [0.05, 0.1) is 17.9 Å². The second-order valence-electron chi connectivity index (χ2n) is 5.39. The van der Waals surface area contributed by atoms with Crippen LogP contribution in [-0.2, 0) is 0 Å². The highest BCUT2D eigenvalue weighted by atomic mass is 16.5. The summed E-state index contributed by atoms with van der Waals surface area (Å²) in [6.45, 7) is 4.33. The highest BCUT2D eigenvalue weighted by Crippen LogP contribution is 2.24. The number of hydrogen-bond acceptors (Lipinski definition) is 4. The van der Waals surface area contributed by atoms with E-state index >= 15 is 0 Å². The molecule has 6 nitrogen and oxygen atoms in total. The van der Waals surface area contributed by atoms with Crippen molar-refractivity contribution >= 4 is 23.3 Å². The molecule has 6 heteroatoms. The number of aryl methyl sites for hydroxylation is 1. The van der Waals surface area contributed by atoms with Crippen molar-refractivity contribution in [1.29, 1.82) is 0 Å². The van der Waals surface area contributed by atoms with Gasteiger partial charge in [0.25, 0.3) is 5.91 Å². The van der Waals surface area contributed by atoms with E-state index in [0.717, 1.165) is 12.0 Å². The fraction of sp³-hybridized carbons (Fsp3) is 0.222. The predicted molar refractivity (Wildman–Crippen MR) is 92.7 cm³/mol. The first kappa shape index (κ1) is 17.3. The summed E-state index contributed by atoms with van der Waals surface area (Å²) in [5.41, 5.74) is 7.98. The molecule has 0 saturated heterocycles.